The van der Waals surface area contributed by atoms with Crippen LogP contribution in [0.25, 0.3) is 0 Å². The highest BCUT2D eigenvalue weighted by atomic mass is 35.5. The number of rotatable bonds is 22. The Kier molecular flexibility index (Phi) is 36.4. The van der Waals surface area contributed by atoms with Crippen LogP contribution >= 0.6 is 12.4 Å². The lowest BCUT2D eigenvalue weighted by Gasteiger charge is -2.03. The first-order valence-corrected chi connectivity index (χ1v) is 13.7. The van der Waals surface area contributed by atoms with Crippen molar-refractivity contribution < 1.29 is 0 Å². The number of nitrogens with one attached hydrogen (secondary N) is 4. The summed E-state index contributed by atoms with van der Waals surface area (Å²) in [7, 11) is 0. The number of guanidine groups is 2. The number of hydrogen-bond donors (Lipinski definition) is 6. The van der Waals surface area contributed by atoms with Crippen LogP contribution in [0.2, 0.25) is 0 Å². The Morgan fingerprint density at radius 1 is 0.455 bits per heavy atom. The van der Waals surface area contributed by atoms with Crippen molar-refractivity contribution in [2.75, 3.05) is 13.1 Å². The Balaban J connectivity index is -0.000000529. The Morgan fingerprint density at radius 3 is 0.879 bits per heavy atom. The van der Waals surface area contributed by atoms with Crippen LogP contribution in [0.5, 0.6) is 0 Å². The van der Waals surface area contributed by atoms with Crippen molar-refractivity contribution >= 4 is 24.3 Å². The smallest absolute Gasteiger partial charge is 0.185 e. The fraction of sp³-hybridized carbons (Fsp3) is 0.923. The molecule has 0 radical (unpaired) electrons. The standard InChI is InChI=1S/2C13H29N3.ClH/c2*1-2-3-4-5-6-7-8-9-10-11-12-16-13(14)15;/h2*2-12H2,1H3,(H4,14,15,16);1H. The second kappa shape index (κ2) is 33.0. The molecule has 0 aliphatic carbocycles. The van der Waals surface area contributed by atoms with Crippen LogP contribution in [0, 0.1) is 10.8 Å². The predicted octanol–water partition coefficient (Wildman–Crippen LogP) is 7.20. The highest BCUT2D eigenvalue weighted by molar-refractivity contribution is 5.85. The van der Waals surface area contributed by atoms with E-state index in [-0.39, 0.29) is 24.3 Å². The van der Waals surface area contributed by atoms with Crippen molar-refractivity contribution in [3.05, 3.63) is 0 Å². The van der Waals surface area contributed by atoms with E-state index in [0.717, 1.165) is 25.9 Å². The molecule has 0 atom stereocenters. The van der Waals surface area contributed by atoms with Gasteiger partial charge in [0.25, 0.3) is 0 Å². The molecule has 0 saturated carbocycles. The summed E-state index contributed by atoms with van der Waals surface area (Å²) in [6.45, 7) is 6.22. The maximum atomic E-state index is 6.99. The van der Waals surface area contributed by atoms with E-state index in [1.807, 2.05) is 0 Å². The number of nitrogens with two attached hydrogens (primary N) is 2. The molecule has 0 rings (SSSR count). The molecule has 0 aromatic heterocycles. The summed E-state index contributed by atoms with van der Waals surface area (Å²) in [5.74, 6) is 0.187. The van der Waals surface area contributed by atoms with Crippen LogP contribution in [0.1, 0.15) is 142 Å². The first-order chi connectivity index (χ1) is 15.5. The molecule has 0 aromatic carbocycles. The summed E-state index contributed by atoms with van der Waals surface area (Å²) in [6, 6.07) is 0. The van der Waals surface area contributed by atoms with Crippen molar-refractivity contribution in [1.82, 2.24) is 10.6 Å². The van der Waals surface area contributed by atoms with Gasteiger partial charge in [-0.15, -0.1) is 12.4 Å². The maximum Gasteiger partial charge on any atom is 0.185 e. The number of halogens is 1. The van der Waals surface area contributed by atoms with Crippen molar-refractivity contribution in [2.24, 2.45) is 11.5 Å². The van der Waals surface area contributed by atoms with Gasteiger partial charge >= 0.3 is 0 Å². The molecule has 0 fully saturated rings. The number of unbranched alkanes of at least 4 members (excludes halogenated alkanes) is 18. The molecular formula is C26H59ClN6. The van der Waals surface area contributed by atoms with Crippen molar-refractivity contribution in [3.8, 4) is 0 Å². The quantitative estimate of drug-likeness (QED) is 0.0544. The summed E-state index contributed by atoms with van der Waals surface area (Å²) in [5.41, 5.74) is 10.4. The normalized spacial score (nSPS) is 10.0. The van der Waals surface area contributed by atoms with E-state index in [1.54, 1.807) is 0 Å². The molecule has 0 saturated heterocycles. The van der Waals surface area contributed by atoms with Gasteiger partial charge in [-0.2, -0.15) is 0 Å². The predicted molar refractivity (Wildman–Crippen MR) is 151 cm³/mol. The molecule has 33 heavy (non-hydrogen) atoms. The van der Waals surface area contributed by atoms with E-state index < -0.39 is 0 Å². The van der Waals surface area contributed by atoms with Gasteiger partial charge in [0.1, 0.15) is 0 Å². The SMILES string of the molecule is CCCCCCCCCCCCNC(=N)N.CCCCCCCCCCCCNC(=N)N.Cl. The van der Waals surface area contributed by atoms with Gasteiger partial charge < -0.3 is 22.1 Å². The molecule has 200 valence electrons. The zero-order chi connectivity index (χ0) is 24.1. The Morgan fingerprint density at radius 2 is 0.667 bits per heavy atom. The van der Waals surface area contributed by atoms with E-state index in [2.05, 4.69) is 24.5 Å². The summed E-state index contributed by atoms with van der Waals surface area (Å²) in [5, 5.41) is 19.6. The lowest BCUT2D eigenvalue weighted by atomic mass is 10.1. The van der Waals surface area contributed by atoms with Crippen molar-refractivity contribution in [2.45, 2.75) is 142 Å². The third-order valence-electron chi connectivity index (χ3n) is 5.69. The van der Waals surface area contributed by atoms with Gasteiger partial charge in [-0.05, 0) is 12.8 Å². The minimum absolute atomic E-state index is 0. The van der Waals surface area contributed by atoms with Crippen molar-refractivity contribution in [3.63, 3.8) is 0 Å². The largest absolute Gasteiger partial charge is 0.370 e. The van der Waals surface area contributed by atoms with Gasteiger partial charge in [-0.25, -0.2) is 0 Å². The molecule has 7 heteroatoms. The summed E-state index contributed by atoms with van der Waals surface area (Å²) in [6.07, 6.45) is 26.9. The molecule has 0 spiro atoms. The molecular weight excluding hydrogens is 432 g/mol. The second-order valence-corrected chi connectivity index (χ2v) is 9.04. The maximum absolute atomic E-state index is 6.99. The average molecular weight is 491 g/mol. The number of hydrogen-bond acceptors (Lipinski definition) is 2. The topological polar surface area (TPSA) is 124 Å². The highest BCUT2D eigenvalue weighted by Crippen LogP contribution is 2.11. The van der Waals surface area contributed by atoms with E-state index in [1.165, 1.54) is 116 Å². The average Bonchev–Trinajstić information content (AvgIpc) is 2.76. The van der Waals surface area contributed by atoms with E-state index in [4.69, 9.17) is 22.3 Å². The minimum Gasteiger partial charge on any atom is -0.370 e. The third kappa shape index (κ3) is 41.6. The zero-order valence-corrected chi connectivity index (χ0v) is 22.9. The van der Waals surface area contributed by atoms with Gasteiger partial charge in [-0.1, -0.05) is 129 Å². The van der Waals surface area contributed by atoms with E-state index >= 15 is 0 Å². The summed E-state index contributed by atoms with van der Waals surface area (Å²) < 4.78 is 0. The highest BCUT2D eigenvalue weighted by Gasteiger charge is 1.94. The monoisotopic (exact) mass is 490 g/mol. The second-order valence-electron chi connectivity index (χ2n) is 9.04. The molecule has 8 N–H and O–H groups in total. The van der Waals surface area contributed by atoms with Crippen LogP contribution in [0.3, 0.4) is 0 Å². The zero-order valence-electron chi connectivity index (χ0n) is 22.1. The fourth-order valence-corrected chi connectivity index (χ4v) is 3.67. The first-order valence-electron chi connectivity index (χ1n) is 13.7. The van der Waals surface area contributed by atoms with Crippen LogP contribution in [-0.4, -0.2) is 25.0 Å². The summed E-state index contributed by atoms with van der Waals surface area (Å²) >= 11 is 0. The molecule has 0 bridgehead atoms. The van der Waals surface area contributed by atoms with Crippen LogP contribution in [-0.2, 0) is 0 Å². The molecule has 0 aliphatic rings. The van der Waals surface area contributed by atoms with Gasteiger partial charge in [0, 0.05) is 13.1 Å². The van der Waals surface area contributed by atoms with Gasteiger partial charge in [0.15, 0.2) is 11.9 Å². The minimum atomic E-state index is 0. The first kappa shape index (κ1) is 36.4. The Labute approximate surface area is 212 Å². The molecule has 0 amide bonds. The van der Waals surface area contributed by atoms with E-state index in [0.29, 0.717) is 0 Å². The summed E-state index contributed by atoms with van der Waals surface area (Å²) in [4.78, 5) is 0. The fourth-order valence-electron chi connectivity index (χ4n) is 3.67. The molecule has 0 unspecified atom stereocenters. The lowest BCUT2D eigenvalue weighted by Crippen LogP contribution is -2.30. The van der Waals surface area contributed by atoms with E-state index in [9.17, 15) is 0 Å². The van der Waals surface area contributed by atoms with Gasteiger partial charge in [-0.3, -0.25) is 10.8 Å². The molecule has 0 heterocycles. The van der Waals surface area contributed by atoms with Crippen molar-refractivity contribution in [1.29, 1.82) is 10.8 Å². The lowest BCUT2D eigenvalue weighted by molar-refractivity contribution is 0.554. The van der Waals surface area contributed by atoms with Crippen LogP contribution < -0.4 is 22.1 Å². The van der Waals surface area contributed by atoms with Crippen LogP contribution in [0.15, 0.2) is 0 Å². The Hall–Kier alpha value is -1.17. The third-order valence-corrected chi connectivity index (χ3v) is 5.69. The molecule has 0 aliphatic heterocycles. The molecule has 0 aromatic rings. The molecule has 6 nitrogen and oxygen atoms in total. The van der Waals surface area contributed by atoms with Gasteiger partial charge in [0.2, 0.25) is 0 Å². The van der Waals surface area contributed by atoms with Crippen LogP contribution in [0.4, 0.5) is 0 Å². The van der Waals surface area contributed by atoms with Gasteiger partial charge in [0.05, 0.1) is 0 Å². The Bertz CT molecular complexity index is 357.